The van der Waals surface area contributed by atoms with Crippen molar-refractivity contribution in [2.75, 3.05) is 33.7 Å². The van der Waals surface area contributed by atoms with Crippen LogP contribution in [-0.2, 0) is 27.0 Å². The van der Waals surface area contributed by atoms with Crippen LogP contribution < -0.4 is 10.6 Å². The summed E-state index contributed by atoms with van der Waals surface area (Å²) < 4.78 is 15.3. The second kappa shape index (κ2) is 16.0. The molecule has 0 saturated heterocycles. The largest absolute Gasteiger partial charge is 0.390 e. The third-order valence-electron chi connectivity index (χ3n) is 6.51. The molecule has 2 rings (SSSR count). The van der Waals surface area contributed by atoms with Crippen LogP contribution in [0.1, 0.15) is 46.6 Å². The molecular formula is C31H48N4O4S. The van der Waals surface area contributed by atoms with Gasteiger partial charge in [-0.15, -0.1) is 0 Å². The van der Waals surface area contributed by atoms with Gasteiger partial charge in [0.1, 0.15) is 17.0 Å². The molecule has 0 heterocycles. The summed E-state index contributed by atoms with van der Waals surface area (Å²) in [5.41, 5.74) is 0.389. The Hall–Kier alpha value is -2.59. The molecule has 3 N–H and O–H groups in total. The first-order valence-electron chi connectivity index (χ1n) is 14.0. The lowest BCUT2D eigenvalue weighted by Gasteiger charge is -2.34. The van der Waals surface area contributed by atoms with Crippen LogP contribution in [0.25, 0.3) is 0 Å². The first kappa shape index (κ1) is 33.6. The second-order valence-corrected chi connectivity index (χ2v) is 13.6. The topological polar surface area (TPSA) is 102 Å². The summed E-state index contributed by atoms with van der Waals surface area (Å²) in [4.78, 5) is 28.6. The van der Waals surface area contributed by atoms with Gasteiger partial charge in [0.05, 0.1) is 23.6 Å². The summed E-state index contributed by atoms with van der Waals surface area (Å²) in [5.74, 6) is -0.221. The first-order chi connectivity index (χ1) is 18.8. The maximum atomic E-state index is 13.6. The van der Waals surface area contributed by atoms with E-state index in [9.17, 15) is 18.9 Å². The number of nitrogens with zero attached hydrogens (tertiary/aromatic N) is 2. The van der Waals surface area contributed by atoms with E-state index in [4.69, 9.17) is 0 Å². The number of amides is 2. The molecule has 2 amide bonds. The zero-order chi connectivity index (χ0) is 29.9. The summed E-state index contributed by atoms with van der Waals surface area (Å²) in [5, 5.41) is 17.5. The third kappa shape index (κ3) is 11.5. The van der Waals surface area contributed by atoms with Crippen LogP contribution in [0.15, 0.2) is 65.6 Å². The van der Waals surface area contributed by atoms with Crippen molar-refractivity contribution >= 4 is 22.8 Å². The number of nitrogens with one attached hydrogen (secondary N) is 2. The number of hydrogen-bond donors (Lipinski definition) is 3. The average Bonchev–Trinajstić information content (AvgIpc) is 2.88. The Bertz CT molecular complexity index is 1070. The van der Waals surface area contributed by atoms with E-state index in [1.54, 1.807) is 23.3 Å². The van der Waals surface area contributed by atoms with E-state index in [0.717, 1.165) is 12.0 Å². The average molecular weight is 573 g/mol. The number of carbonyl (C=O) groups is 2. The van der Waals surface area contributed by atoms with Gasteiger partial charge in [0.25, 0.3) is 0 Å². The highest BCUT2D eigenvalue weighted by Gasteiger charge is 2.35. The number of aliphatic hydroxyl groups is 1. The molecule has 9 heteroatoms. The molecule has 0 aliphatic heterocycles. The van der Waals surface area contributed by atoms with Crippen molar-refractivity contribution in [2.45, 2.75) is 70.5 Å². The smallest absolute Gasteiger partial charge is 0.243 e. The molecule has 0 bridgehead atoms. The first-order valence-corrected chi connectivity index (χ1v) is 15.1. The minimum absolute atomic E-state index is 0.110. The van der Waals surface area contributed by atoms with Crippen molar-refractivity contribution < 1.29 is 18.9 Å². The summed E-state index contributed by atoms with van der Waals surface area (Å²) in [6, 6.07) is 17.4. The fourth-order valence-electron chi connectivity index (χ4n) is 4.25. The molecule has 0 aromatic heterocycles. The normalized spacial score (nSPS) is 15.1. The lowest BCUT2D eigenvalue weighted by molar-refractivity contribution is -0.132. The Kier molecular flexibility index (Phi) is 13.4. The van der Waals surface area contributed by atoms with Gasteiger partial charge in [-0.2, -0.15) is 0 Å². The Morgan fingerprint density at radius 2 is 1.52 bits per heavy atom. The summed E-state index contributed by atoms with van der Waals surface area (Å²) in [7, 11) is 2.12. The molecule has 0 spiro atoms. The van der Waals surface area contributed by atoms with Gasteiger partial charge in [-0.25, -0.2) is 8.51 Å². The van der Waals surface area contributed by atoms with Gasteiger partial charge in [-0.05, 0) is 56.0 Å². The van der Waals surface area contributed by atoms with Crippen molar-refractivity contribution in [1.82, 2.24) is 19.8 Å². The van der Waals surface area contributed by atoms with Gasteiger partial charge in [0.2, 0.25) is 11.8 Å². The quantitative estimate of drug-likeness (QED) is 0.304. The monoisotopic (exact) mass is 572 g/mol. The van der Waals surface area contributed by atoms with Crippen molar-refractivity contribution in [3.8, 4) is 0 Å². The van der Waals surface area contributed by atoms with Gasteiger partial charge in [0.15, 0.2) is 0 Å². The second-order valence-electron chi connectivity index (χ2n) is 12.1. The van der Waals surface area contributed by atoms with E-state index in [-0.39, 0.29) is 24.9 Å². The SMILES string of the molecule is CC(C)CCN(C[C@@H](O)[C@H](Cc1ccccc1)NC(=O)[C@@H](NC(=O)CN(C)C)C(C)(C)C)S(=O)c1ccccc1. The number of likely N-dealkylation sites (N-methyl/N-ethyl adjacent to an activating group) is 1. The minimum Gasteiger partial charge on any atom is -0.390 e. The van der Waals surface area contributed by atoms with Crippen LogP contribution in [0, 0.1) is 11.3 Å². The number of carbonyl (C=O) groups excluding carboxylic acids is 2. The molecule has 8 nitrogen and oxygen atoms in total. The van der Waals surface area contributed by atoms with Gasteiger partial charge in [-0.1, -0.05) is 83.1 Å². The lowest BCUT2D eigenvalue weighted by atomic mass is 9.85. The van der Waals surface area contributed by atoms with Crippen LogP contribution in [0.2, 0.25) is 0 Å². The zero-order valence-corrected chi connectivity index (χ0v) is 25.9. The van der Waals surface area contributed by atoms with E-state index in [1.807, 2.05) is 81.4 Å². The Morgan fingerprint density at radius 1 is 0.950 bits per heavy atom. The van der Waals surface area contributed by atoms with Crippen molar-refractivity contribution in [1.29, 1.82) is 0 Å². The van der Waals surface area contributed by atoms with Gasteiger partial charge in [0, 0.05) is 13.1 Å². The van der Waals surface area contributed by atoms with Crippen LogP contribution in [-0.4, -0.2) is 82.3 Å². The van der Waals surface area contributed by atoms with Crippen molar-refractivity contribution in [3.63, 3.8) is 0 Å². The van der Waals surface area contributed by atoms with E-state index in [2.05, 4.69) is 24.5 Å². The molecule has 0 fully saturated rings. The third-order valence-corrected chi connectivity index (χ3v) is 7.99. The number of benzene rings is 2. The Morgan fingerprint density at radius 3 is 2.05 bits per heavy atom. The van der Waals surface area contributed by atoms with E-state index >= 15 is 0 Å². The fourth-order valence-corrected chi connectivity index (χ4v) is 5.50. The standard InChI is InChI=1S/C31H48N4O4S/c1-23(2)18-19-35(40(39)25-16-12-9-13-17-25)21-27(36)26(20-24-14-10-8-11-15-24)32-30(38)29(31(3,4)5)33-28(37)22-34(6)7/h8-17,23,26-27,29,36H,18-22H2,1-7H3,(H,32,38)(H,33,37)/t26-,27+,29+,40?/m0/s1. The van der Waals surface area contributed by atoms with E-state index in [1.165, 1.54) is 0 Å². The zero-order valence-electron chi connectivity index (χ0n) is 25.1. The molecule has 0 radical (unpaired) electrons. The molecule has 0 aliphatic rings. The summed E-state index contributed by atoms with van der Waals surface area (Å²) >= 11 is 0. The maximum absolute atomic E-state index is 13.6. The van der Waals surface area contributed by atoms with Gasteiger partial charge >= 0.3 is 0 Å². The van der Waals surface area contributed by atoms with Gasteiger partial charge in [-0.3, -0.25) is 9.59 Å². The van der Waals surface area contributed by atoms with Crippen molar-refractivity contribution in [3.05, 3.63) is 66.2 Å². The van der Waals surface area contributed by atoms with Crippen LogP contribution in [0.3, 0.4) is 0 Å². The molecule has 222 valence electrons. The molecule has 0 saturated carbocycles. The summed E-state index contributed by atoms with van der Waals surface area (Å²) in [6.45, 7) is 10.7. The lowest BCUT2D eigenvalue weighted by Crippen LogP contribution is -2.59. The molecule has 1 unspecified atom stereocenters. The highest BCUT2D eigenvalue weighted by molar-refractivity contribution is 7.82. The predicted octanol–water partition coefficient (Wildman–Crippen LogP) is 3.24. The summed E-state index contributed by atoms with van der Waals surface area (Å²) in [6.07, 6.45) is 0.180. The number of hydrogen-bond acceptors (Lipinski definition) is 5. The van der Waals surface area contributed by atoms with E-state index < -0.39 is 34.6 Å². The van der Waals surface area contributed by atoms with Crippen molar-refractivity contribution in [2.24, 2.45) is 11.3 Å². The molecule has 4 atom stereocenters. The predicted molar refractivity (Wildman–Crippen MR) is 162 cm³/mol. The Labute approximate surface area is 243 Å². The highest BCUT2D eigenvalue weighted by atomic mass is 32.2. The van der Waals surface area contributed by atoms with Crippen LogP contribution >= 0.6 is 0 Å². The van der Waals surface area contributed by atoms with E-state index in [0.29, 0.717) is 23.8 Å². The highest BCUT2D eigenvalue weighted by Crippen LogP contribution is 2.21. The fraction of sp³-hybridized carbons (Fsp3) is 0.548. The maximum Gasteiger partial charge on any atom is 0.243 e. The molecule has 2 aromatic carbocycles. The number of rotatable bonds is 15. The minimum atomic E-state index is -1.47. The molecular weight excluding hydrogens is 524 g/mol. The molecule has 2 aromatic rings. The molecule has 0 aliphatic carbocycles. The van der Waals surface area contributed by atoms with Gasteiger partial charge < -0.3 is 20.6 Å². The number of aliphatic hydroxyl groups excluding tert-OH is 1. The Balaban J connectivity index is 2.32. The molecule has 40 heavy (non-hydrogen) atoms. The van der Waals surface area contributed by atoms with Crippen LogP contribution in [0.5, 0.6) is 0 Å². The van der Waals surface area contributed by atoms with Crippen LogP contribution in [0.4, 0.5) is 0 Å².